The van der Waals surface area contributed by atoms with Gasteiger partial charge in [0.1, 0.15) is 18.0 Å². The zero-order valence-electron chi connectivity index (χ0n) is 22.4. The van der Waals surface area contributed by atoms with Crippen LogP contribution in [0.15, 0.2) is 30.3 Å². The summed E-state index contributed by atoms with van der Waals surface area (Å²) in [4.78, 5) is 40.3. The van der Waals surface area contributed by atoms with Gasteiger partial charge in [-0.2, -0.15) is 0 Å². The summed E-state index contributed by atoms with van der Waals surface area (Å²) >= 11 is 0. The van der Waals surface area contributed by atoms with E-state index in [2.05, 4.69) is 5.32 Å². The van der Waals surface area contributed by atoms with Gasteiger partial charge in [0.05, 0.1) is 6.61 Å². The minimum Gasteiger partial charge on any atom is -0.463 e. The second kappa shape index (κ2) is 10.1. The molecule has 2 aromatic carbocycles. The summed E-state index contributed by atoms with van der Waals surface area (Å²) in [5.41, 5.74) is 4.55. The van der Waals surface area contributed by atoms with Crippen molar-refractivity contribution in [1.29, 1.82) is 0 Å². The third kappa shape index (κ3) is 4.94. The summed E-state index contributed by atoms with van der Waals surface area (Å²) in [7, 11) is 1.63. The van der Waals surface area contributed by atoms with E-state index in [1.54, 1.807) is 12.0 Å². The standard InChI is InChI=1S/C30H35FN2O5/c1-17(34)38-23-13-21(14-23)29(36)33-10-8-19-11-18(16-37-4)5-6-24(19)27(33)28(35)32-22-12-20-7-9-30(2,3)26(20)25(31)15-22/h5-6,11-12,15,21,23,27H,7-10,13-14,16H2,1-4H3,(H,32,35)/t21?,23?,27-/m1/s1. The van der Waals surface area contributed by atoms with Crippen LogP contribution in [0.4, 0.5) is 10.1 Å². The van der Waals surface area contributed by atoms with Crippen molar-refractivity contribution in [1.82, 2.24) is 4.90 Å². The van der Waals surface area contributed by atoms with E-state index >= 15 is 4.39 Å². The predicted octanol–water partition coefficient (Wildman–Crippen LogP) is 4.60. The first-order valence-electron chi connectivity index (χ1n) is 13.3. The lowest BCUT2D eigenvalue weighted by Crippen LogP contribution is -2.51. The Bertz CT molecular complexity index is 1280. The smallest absolute Gasteiger partial charge is 0.302 e. The Kier molecular flexibility index (Phi) is 7.03. The van der Waals surface area contributed by atoms with Gasteiger partial charge in [-0.1, -0.05) is 32.0 Å². The maximum absolute atomic E-state index is 15.1. The number of nitrogens with one attached hydrogen (secondary N) is 1. The molecule has 1 fully saturated rings. The lowest BCUT2D eigenvalue weighted by Gasteiger charge is -2.42. The summed E-state index contributed by atoms with van der Waals surface area (Å²) in [5.74, 6) is -1.47. The van der Waals surface area contributed by atoms with Crippen molar-refractivity contribution >= 4 is 23.5 Å². The van der Waals surface area contributed by atoms with Crippen LogP contribution in [-0.4, -0.2) is 42.4 Å². The molecule has 2 aliphatic carbocycles. The fourth-order valence-electron chi connectivity index (χ4n) is 6.26. The Morgan fingerprint density at radius 3 is 2.58 bits per heavy atom. The maximum Gasteiger partial charge on any atom is 0.302 e. The van der Waals surface area contributed by atoms with E-state index in [4.69, 9.17) is 9.47 Å². The second-order valence-electron chi connectivity index (χ2n) is 11.4. The van der Waals surface area contributed by atoms with Crippen LogP contribution in [0.2, 0.25) is 0 Å². The number of ether oxygens (including phenoxy) is 2. The molecule has 1 saturated carbocycles. The maximum atomic E-state index is 15.1. The number of nitrogens with zero attached hydrogens (tertiary/aromatic N) is 1. The highest BCUT2D eigenvalue weighted by Crippen LogP contribution is 2.42. The molecule has 1 heterocycles. The van der Waals surface area contributed by atoms with Gasteiger partial charge in [-0.15, -0.1) is 0 Å². The number of fused-ring (bicyclic) bond motifs is 2. The summed E-state index contributed by atoms with van der Waals surface area (Å²) in [6.07, 6.45) is 2.87. The van der Waals surface area contributed by atoms with Crippen molar-refractivity contribution in [2.75, 3.05) is 19.0 Å². The molecule has 1 aliphatic heterocycles. The van der Waals surface area contributed by atoms with Gasteiger partial charge in [0.2, 0.25) is 5.91 Å². The van der Waals surface area contributed by atoms with E-state index in [0.29, 0.717) is 43.7 Å². The van der Waals surface area contributed by atoms with Gasteiger partial charge in [0.15, 0.2) is 0 Å². The second-order valence-corrected chi connectivity index (χ2v) is 11.4. The van der Waals surface area contributed by atoms with Gasteiger partial charge >= 0.3 is 5.97 Å². The molecule has 8 heteroatoms. The third-order valence-corrected chi connectivity index (χ3v) is 8.19. The Hall–Kier alpha value is -3.26. The van der Waals surface area contributed by atoms with Gasteiger partial charge in [0, 0.05) is 32.2 Å². The highest BCUT2D eigenvalue weighted by Gasteiger charge is 2.44. The summed E-state index contributed by atoms with van der Waals surface area (Å²) in [6, 6.07) is 8.23. The average molecular weight is 523 g/mol. The number of anilines is 1. The summed E-state index contributed by atoms with van der Waals surface area (Å²) < 4.78 is 25.6. The van der Waals surface area contributed by atoms with E-state index in [1.807, 2.05) is 38.1 Å². The highest BCUT2D eigenvalue weighted by atomic mass is 19.1. The predicted molar refractivity (Wildman–Crippen MR) is 140 cm³/mol. The van der Waals surface area contributed by atoms with Crippen molar-refractivity contribution < 1.29 is 28.2 Å². The first kappa shape index (κ1) is 26.4. The van der Waals surface area contributed by atoms with E-state index in [1.165, 1.54) is 13.0 Å². The number of halogens is 1. The molecular weight excluding hydrogens is 487 g/mol. The van der Waals surface area contributed by atoms with Crippen LogP contribution in [0.5, 0.6) is 0 Å². The number of methoxy groups -OCH3 is 1. The summed E-state index contributed by atoms with van der Waals surface area (Å²) in [6.45, 7) is 6.27. The van der Waals surface area contributed by atoms with E-state index in [9.17, 15) is 14.4 Å². The van der Waals surface area contributed by atoms with Crippen molar-refractivity contribution in [2.45, 2.75) is 77.0 Å². The Balaban J connectivity index is 1.42. The van der Waals surface area contributed by atoms with Crippen molar-refractivity contribution in [3.8, 4) is 0 Å². The van der Waals surface area contributed by atoms with Crippen molar-refractivity contribution in [2.24, 2.45) is 5.92 Å². The normalized spacial score (nSPS) is 23.2. The molecule has 3 aliphatic rings. The van der Waals surface area contributed by atoms with E-state index < -0.39 is 6.04 Å². The van der Waals surface area contributed by atoms with E-state index in [0.717, 1.165) is 35.1 Å². The molecular formula is C30H35FN2O5. The first-order chi connectivity index (χ1) is 18.1. The molecule has 202 valence electrons. The molecule has 2 aromatic rings. The molecule has 38 heavy (non-hydrogen) atoms. The molecule has 0 bridgehead atoms. The van der Waals surface area contributed by atoms with Crippen LogP contribution in [0.1, 0.15) is 73.9 Å². The molecule has 1 atom stereocenters. The lowest BCUT2D eigenvalue weighted by atomic mass is 9.80. The van der Waals surface area contributed by atoms with Gasteiger partial charge < -0.3 is 19.7 Å². The number of hydrogen-bond acceptors (Lipinski definition) is 5. The number of esters is 1. The van der Waals surface area contributed by atoms with Crippen LogP contribution in [0.25, 0.3) is 0 Å². The number of amides is 2. The SMILES string of the molecule is COCc1ccc2c(c1)CCN(C(=O)C1CC(OC(C)=O)C1)[C@H]2C(=O)Nc1cc(F)c2c(c1)CCC2(C)C. The third-order valence-electron chi connectivity index (χ3n) is 8.19. The molecule has 0 radical (unpaired) electrons. The van der Waals surface area contributed by atoms with E-state index in [-0.39, 0.29) is 41.0 Å². The minimum absolute atomic E-state index is 0.123. The Morgan fingerprint density at radius 2 is 1.87 bits per heavy atom. The molecule has 0 unspecified atom stereocenters. The fraction of sp³-hybridized carbons (Fsp3) is 0.500. The Labute approximate surface area is 222 Å². The van der Waals surface area contributed by atoms with Crippen LogP contribution < -0.4 is 5.32 Å². The highest BCUT2D eigenvalue weighted by molar-refractivity contribution is 5.99. The topological polar surface area (TPSA) is 84.9 Å². The number of carbonyl (C=O) groups is 3. The Morgan fingerprint density at radius 1 is 1.11 bits per heavy atom. The van der Waals surface area contributed by atoms with Crippen molar-refractivity contribution in [3.63, 3.8) is 0 Å². The number of benzene rings is 2. The first-order valence-corrected chi connectivity index (χ1v) is 13.3. The van der Waals surface area contributed by atoms with Gasteiger partial charge in [0.25, 0.3) is 5.91 Å². The molecule has 1 N–H and O–H groups in total. The molecule has 0 saturated heterocycles. The fourth-order valence-corrected chi connectivity index (χ4v) is 6.26. The lowest BCUT2D eigenvalue weighted by molar-refractivity contribution is -0.161. The number of hydrogen-bond donors (Lipinski definition) is 1. The average Bonchev–Trinajstić information content (AvgIpc) is 3.14. The minimum atomic E-state index is -0.844. The molecule has 5 rings (SSSR count). The largest absolute Gasteiger partial charge is 0.463 e. The van der Waals surface area contributed by atoms with Crippen molar-refractivity contribution in [3.05, 3.63) is 64.0 Å². The van der Waals surface area contributed by atoms with Crippen LogP contribution in [0, 0.1) is 11.7 Å². The van der Waals surface area contributed by atoms with Gasteiger partial charge in [-0.25, -0.2) is 4.39 Å². The number of aryl methyl sites for hydroxylation is 1. The van der Waals surface area contributed by atoms with Crippen LogP contribution in [-0.2, 0) is 48.7 Å². The molecule has 0 aromatic heterocycles. The van der Waals surface area contributed by atoms with Crippen LogP contribution in [0.3, 0.4) is 0 Å². The van der Waals surface area contributed by atoms with Gasteiger partial charge in [-0.3, -0.25) is 14.4 Å². The zero-order valence-corrected chi connectivity index (χ0v) is 22.4. The zero-order chi connectivity index (χ0) is 27.2. The number of rotatable bonds is 6. The van der Waals surface area contributed by atoms with Gasteiger partial charge in [-0.05, 0) is 77.5 Å². The molecule has 7 nitrogen and oxygen atoms in total. The summed E-state index contributed by atoms with van der Waals surface area (Å²) in [5, 5.41) is 2.92. The quantitative estimate of drug-likeness (QED) is 0.561. The van der Waals surface area contributed by atoms with Crippen LogP contribution >= 0.6 is 0 Å². The monoisotopic (exact) mass is 522 g/mol. The molecule has 2 amide bonds. The number of carbonyl (C=O) groups excluding carboxylic acids is 3. The molecule has 0 spiro atoms.